The van der Waals surface area contributed by atoms with Gasteiger partial charge in [-0.2, -0.15) is 0 Å². The van der Waals surface area contributed by atoms with E-state index in [1.165, 1.54) is 7.11 Å². The number of methoxy groups -OCH3 is 1. The van der Waals surface area contributed by atoms with Gasteiger partial charge in [0.25, 0.3) is 0 Å². The van der Waals surface area contributed by atoms with Crippen molar-refractivity contribution in [3.63, 3.8) is 0 Å². The van der Waals surface area contributed by atoms with Crippen LogP contribution in [0.15, 0.2) is 58.7 Å². The van der Waals surface area contributed by atoms with Crippen molar-refractivity contribution in [3.8, 4) is 0 Å². The summed E-state index contributed by atoms with van der Waals surface area (Å²) in [5, 5.41) is 0. The van der Waals surface area contributed by atoms with Crippen molar-refractivity contribution in [2.45, 2.75) is 33.8 Å². The summed E-state index contributed by atoms with van der Waals surface area (Å²) in [7, 11) is 1.35. The summed E-state index contributed by atoms with van der Waals surface area (Å²) in [4.78, 5) is 24.1. The number of hydrogen-bond donors (Lipinski definition) is 0. The highest BCUT2D eigenvalue weighted by molar-refractivity contribution is 5.88. The maximum absolute atomic E-state index is 12.5. The third-order valence-corrected chi connectivity index (χ3v) is 5.41. The highest BCUT2D eigenvalue weighted by atomic mass is 16.5. The second-order valence-electron chi connectivity index (χ2n) is 7.86. The Morgan fingerprint density at radius 3 is 2.57 bits per heavy atom. The predicted octanol–water partition coefficient (Wildman–Crippen LogP) is 4.31. The summed E-state index contributed by atoms with van der Waals surface area (Å²) in [5.74, 6) is -0.0905. The van der Waals surface area contributed by atoms with Gasteiger partial charge < -0.3 is 13.9 Å². The molecule has 1 aromatic carbocycles. The van der Waals surface area contributed by atoms with Gasteiger partial charge in [-0.25, -0.2) is 4.79 Å². The highest BCUT2D eigenvalue weighted by Crippen LogP contribution is 2.59. The van der Waals surface area contributed by atoms with Gasteiger partial charge in [0.05, 0.1) is 19.3 Å². The van der Waals surface area contributed by atoms with Crippen LogP contribution in [0.2, 0.25) is 0 Å². The van der Waals surface area contributed by atoms with Gasteiger partial charge in [0, 0.05) is 17.6 Å². The number of carbonyl (C=O) groups is 2. The molecule has 2 atom stereocenters. The summed E-state index contributed by atoms with van der Waals surface area (Å²) in [6.45, 7) is 5.87. The first-order valence-corrected chi connectivity index (χ1v) is 9.36. The summed E-state index contributed by atoms with van der Waals surface area (Å²) < 4.78 is 15.8. The van der Waals surface area contributed by atoms with E-state index in [-0.39, 0.29) is 35.8 Å². The molecule has 0 bridgehead atoms. The number of allylic oxidation sites excluding steroid dienone is 1. The number of benzene rings is 1. The van der Waals surface area contributed by atoms with Crippen molar-refractivity contribution in [2.24, 2.45) is 17.3 Å². The number of esters is 2. The van der Waals surface area contributed by atoms with Crippen LogP contribution in [0.5, 0.6) is 0 Å². The number of ether oxygens (including phenoxy) is 2. The van der Waals surface area contributed by atoms with Crippen molar-refractivity contribution in [2.75, 3.05) is 7.11 Å². The highest BCUT2D eigenvalue weighted by Gasteiger charge is 2.61. The van der Waals surface area contributed by atoms with Crippen molar-refractivity contribution in [1.82, 2.24) is 0 Å². The van der Waals surface area contributed by atoms with Gasteiger partial charge in [-0.15, -0.1) is 0 Å². The topological polar surface area (TPSA) is 65.7 Å². The third kappa shape index (κ3) is 4.35. The average Bonchev–Trinajstić information content (AvgIpc) is 3.00. The molecule has 1 heterocycles. The van der Waals surface area contributed by atoms with Crippen LogP contribution in [0.3, 0.4) is 0 Å². The van der Waals surface area contributed by atoms with Gasteiger partial charge in [0.2, 0.25) is 0 Å². The zero-order chi connectivity index (χ0) is 20.3. The molecular formula is C23H26O5. The van der Waals surface area contributed by atoms with Crippen molar-refractivity contribution in [1.29, 1.82) is 0 Å². The Morgan fingerprint density at radius 2 is 1.89 bits per heavy atom. The Labute approximate surface area is 165 Å². The SMILES string of the molecule is COC(=O)C(C)=C[C@@H]1[C@@H](C(=O)OCc2coc(Cc3ccccc3)c2)C1(C)C. The summed E-state index contributed by atoms with van der Waals surface area (Å²) >= 11 is 0. The molecule has 1 aromatic heterocycles. The Kier molecular flexibility index (Phi) is 5.73. The molecule has 1 fully saturated rings. The van der Waals surface area contributed by atoms with Crippen molar-refractivity contribution in [3.05, 3.63) is 71.2 Å². The van der Waals surface area contributed by atoms with E-state index >= 15 is 0 Å². The van der Waals surface area contributed by atoms with E-state index in [1.807, 2.05) is 56.3 Å². The number of rotatable bonds is 7. The molecule has 148 valence electrons. The molecule has 0 amide bonds. The van der Waals surface area contributed by atoms with Gasteiger partial charge in [-0.1, -0.05) is 50.3 Å². The first-order valence-electron chi connectivity index (χ1n) is 9.36. The largest absolute Gasteiger partial charge is 0.469 e. The molecule has 1 aliphatic carbocycles. The van der Waals surface area contributed by atoms with E-state index < -0.39 is 0 Å². The van der Waals surface area contributed by atoms with E-state index in [4.69, 9.17) is 13.9 Å². The fourth-order valence-corrected chi connectivity index (χ4v) is 3.57. The quantitative estimate of drug-likeness (QED) is 0.527. The van der Waals surface area contributed by atoms with Crippen LogP contribution in [0.25, 0.3) is 0 Å². The van der Waals surface area contributed by atoms with Crippen molar-refractivity contribution >= 4 is 11.9 Å². The maximum Gasteiger partial charge on any atom is 0.333 e. The summed E-state index contributed by atoms with van der Waals surface area (Å²) in [5.41, 5.74) is 2.27. The van der Waals surface area contributed by atoms with Gasteiger partial charge in [0.1, 0.15) is 12.4 Å². The Bertz CT molecular complexity index is 875. The molecule has 0 saturated heterocycles. The van der Waals surface area contributed by atoms with Crippen LogP contribution in [0.4, 0.5) is 0 Å². The van der Waals surface area contributed by atoms with E-state index in [0.717, 1.165) is 16.9 Å². The van der Waals surface area contributed by atoms with E-state index in [9.17, 15) is 9.59 Å². The summed E-state index contributed by atoms with van der Waals surface area (Å²) in [6, 6.07) is 12.0. The minimum absolute atomic E-state index is 0.0305. The second kappa shape index (κ2) is 8.05. The molecule has 1 aliphatic rings. The molecule has 0 N–H and O–H groups in total. The fraction of sp³-hybridized carbons (Fsp3) is 0.391. The molecular weight excluding hydrogens is 356 g/mol. The molecule has 28 heavy (non-hydrogen) atoms. The molecule has 0 aliphatic heterocycles. The third-order valence-electron chi connectivity index (χ3n) is 5.41. The predicted molar refractivity (Wildman–Crippen MR) is 104 cm³/mol. The zero-order valence-electron chi connectivity index (χ0n) is 16.7. The monoisotopic (exact) mass is 382 g/mol. The lowest BCUT2D eigenvalue weighted by molar-refractivity contribution is -0.147. The number of furan rings is 1. The number of carbonyl (C=O) groups excluding carboxylic acids is 2. The Balaban J connectivity index is 1.55. The molecule has 0 unspecified atom stereocenters. The Hall–Kier alpha value is -2.82. The maximum atomic E-state index is 12.5. The summed E-state index contributed by atoms with van der Waals surface area (Å²) in [6.07, 6.45) is 4.14. The zero-order valence-corrected chi connectivity index (χ0v) is 16.7. The van der Waals surface area contributed by atoms with Gasteiger partial charge in [0.15, 0.2) is 0 Å². The smallest absolute Gasteiger partial charge is 0.333 e. The molecule has 2 aromatic rings. The van der Waals surface area contributed by atoms with E-state index in [2.05, 4.69) is 0 Å². The molecule has 1 saturated carbocycles. The van der Waals surface area contributed by atoms with Crippen LogP contribution >= 0.6 is 0 Å². The lowest BCUT2D eigenvalue weighted by atomic mass is 10.1. The first kappa shape index (κ1) is 19.9. The Morgan fingerprint density at radius 1 is 1.18 bits per heavy atom. The van der Waals surface area contributed by atoms with Crippen LogP contribution in [-0.2, 0) is 32.1 Å². The van der Waals surface area contributed by atoms with Crippen molar-refractivity contribution < 1.29 is 23.5 Å². The van der Waals surface area contributed by atoms with Gasteiger partial charge >= 0.3 is 11.9 Å². The normalized spacial score (nSPS) is 20.5. The van der Waals surface area contributed by atoms with Crippen LogP contribution in [-0.4, -0.2) is 19.0 Å². The van der Waals surface area contributed by atoms with E-state index in [0.29, 0.717) is 12.0 Å². The average molecular weight is 382 g/mol. The first-order chi connectivity index (χ1) is 13.3. The minimum Gasteiger partial charge on any atom is -0.469 e. The standard InChI is InChI=1S/C23H26O5/c1-15(21(24)26-4)10-19-20(23(19,2)3)22(25)28-14-17-12-18(27-13-17)11-16-8-6-5-7-9-16/h5-10,12-13,19-20H,11,14H2,1-4H3/t19-,20+/m1/s1. The molecule has 0 spiro atoms. The lowest BCUT2D eigenvalue weighted by Gasteiger charge is -2.03. The molecule has 3 rings (SSSR count). The lowest BCUT2D eigenvalue weighted by Crippen LogP contribution is -2.10. The van der Waals surface area contributed by atoms with Crippen LogP contribution < -0.4 is 0 Å². The molecule has 0 radical (unpaired) electrons. The molecule has 5 nitrogen and oxygen atoms in total. The van der Waals surface area contributed by atoms with Gasteiger partial charge in [-0.05, 0) is 29.9 Å². The minimum atomic E-state index is -0.376. The molecule has 5 heteroatoms. The fourth-order valence-electron chi connectivity index (χ4n) is 3.57. The van der Waals surface area contributed by atoms with E-state index in [1.54, 1.807) is 13.2 Å². The van der Waals surface area contributed by atoms with Gasteiger partial charge in [-0.3, -0.25) is 4.79 Å². The van der Waals surface area contributed by atoms with Crippen LogP contribution in [0, 0.1) is 17.3 Å². The van der Waals surface area contributed by atoms with Crippen LogP contribution in [0.1, 0.15) is 37.7 Å². The number of hydrogen-bond acceptors (Lipinski definition) is 5. The second-order valence-corrected chi connectivity index (χ2v) is 7.86.